The Labute approximate surface area is 142 Å². The molecule has 0 aliphatic carbocycles. The molecule has 1 amide bonds. The van der Waals surface area contributed by atoms with Crippen molar-refractivity contribution in [2.45, 2.75) is 23.4 Å². The molecule has 24 heavy (non-hydrogen) atoms. The van der Waals surface area contributed by atoms with Crippen LogP contribution in [0.4, 0.5) is 5.69 Å². The van der Waals surface area contributed by atoms with Gasteiger partial charge in [0.25, 0.3) is 0 Å². The quantitative estimate of drug-likeness (QED) is 0.708. The predicted molar refractivity (Wildman–Crippen MR) is 88.7 cm³/mol. The van der Waals surface area contributed by atoms with Crippen molar-refractivity contribution in [3.8, 4) is 0 Å². The fraction of sp³-hybridized carbons (Fsp3) is 0.250. The number of amides is 1. The fourth-order valence-corrected chi connectivity index (χ4v) is 3.70. The number of benzene rings is 1. The highest BCUT2D eigenvalue weighted by molar-refractivity contribution is 8.00. The highest BCUT2D eigenvalue weighted by Gasteiger charge is 2.34. The first-order chi connectivity index (χ1) is 11.8. The molecule has 3 aromatic rings. The van der Waals surface area contributed by atoms with Gasteiger partial charge in [-0.3, -0.25) is 4.79 Å². The number of thioether (sulfide) groups is 1. The summed E-state index contributed by atoms with van der Waals surface area (Å²) in [6.07, 6.45) is 2.39. The zero-order valence-corrected chi connectivity index (χ0v) is 13.6. The van der Waals surface area contributed by atoms with Crippen LogP contribution >= 0.6 is 11.8 Å². The molecule has 122 valence electrons. The van der Waals surface area contributed by atoms with Gasteiger partial charge < -0.3 is 9.32 Å². The van der Waals surface area contributed by atoms with Crippen molar-refractivity contribution >= 4 is 23.4 Å². The van der Waals surface area contributed by atoms with Crippen LogP contribution in [0.2, 0.25) is 0 Å². The Morgan fingerprint density at radius 3 is 2.88 bits per heavy atom. The lowest BCUT2D eigenvalue weighted by Crippen LogP contribution is -2.28. The van der Waals surface area contributed by atoms with E-state index in [4.69, 9.17) is 4.42 Å². The van der Waals surface area contributed by atoms with Gasteiger partial charge in [-0.05, 0) is 41.1 Å². The first-order valence-corrected chi connectivity index (χ1v) is 8.51. The molecule has 1 aliphatic heterocycles. The van der Waals surface area contributed by atoms with E-state index in [9.17, 15) is 4.79 Å². The molecule has 1 aromatic carbocycles. The molecule has 8 heteroatoms. The molecule has 0 spiro atoms. The molecule has 0 radical (unpaired) electrons. The van der Waals surface area contributed by atoms with Crippen LogP contribution in [-0.4, -0.2) is 37.9 Å². The van der Waals surface area contributed by atoms with E-state index in [0.29, 0.717) is 18.2 Å². The van der Waals surface area contributed by atoms with E-state index in [0.717, 1.165) is 17.9 Å². The van der Waals surface area contributed by atoms with E-state index in [1.807, 2.05) is 47.4 Å². The van der Waals surface area contributed by atoms with E-state index < -0.39 is 0 Å². The lowest BCUT2D eigenvalue weighted by molar-refractivity contribution is -0.116. The molecule has 0 saturated carbocycles. The van der Waals surface area contributed by atoms with E-state index in [-0.39, 0.29) is 11.2 Å². The Morgan fingerprint density at radius 1 is 1.21 bits per heavy atom. The van der Waals surface area contributed by atoms with Crippen LogP contribution < -0.4 is 4.90 Å². The molecular weight excluding hydrogens is 326 g/mol. The number of furan rings is 1. The van der Waals surface area contributed by atoms with Crippen LogP contribution in [0.15, 0.2) is 58.3 Å². The molecule has 2 aromatic heterocycles. The number of tetrazole rings is 1. The molecular formula is C16H15N5O2S. The Hall–Kier alpha value is -2.61. The average molecular weight is 341 g/mol. The summed E-state index contributed by atoms with van der Waals surface area (Å²) in [4.78, 5) is 14.5. The number of hydrogen-bond donors (Lipinski definition) is 0. The molecule has 7 nitrogen and oxygen atoms in total. The Bertz CT molecular complexity index is 818. The standard InChI is InChI=1S/C16H15N5O2S/c22-15-14(8-9-20(15)12-5-2-1-3-6-12)24-16-17-18-19-21(16)11-13-7-4-10-23-13/h1-7,10,14H,8-9,11H2/t14-/m0/s1. The van der Waals surface area contributed by atoms with Gasteiger partial charge in [-0.25, -0.2) is 4.68 Å². The van der Waals surface area contributed by atoms with Gasteiger partial charge in [0.1, 0.15) is 12.3 Å². The molecule has 0 bridgehead atoms. The fourth-order valence-electron chi connectivity index (χ4n) is 2.68. The van der Waals surface area contributed by atoms with Crippen molar-refractivity contribution in [2.75, 3.05) is 11.4 Å². The van der Waals surface area contributed by atoms with Crippen LogP contribution in [0.5, 0.6) is 0 Å². The largest absolute Gasteiger partial charge is 0.467 e. The van der Waals surface area contributed by atoms with E-state index in [1.165, 1.54) is 11.8 Å². The Morgan fingerprint density at radius 2 is 2.08 bits per heavy atom. The maximum Gasteiger partial charge on any atom is 0.240 e. The number of hydrogen-bond acceptors (Lipinski definition) is 6. The first-order valence-electron chi connectivity index (χ1n) is 7.63. The lowest BCUT2D eigenvalue weighted by atomic mass is 10.3. The van der Waals surface area contributed by atoms with Gasteiger partial charge in [-0.2, -0.15) is 0 Å². The predicted octanol–water partition coefficient (Wildman–Crippen LogP) is 2.21. The van der Waals surface area contributed by atoms with Crippen LogP contribution in [0.3, 0.4) is 0 Å². The second-order valence-electron chi connectivity index (χ2n) is 5.42. The smallest absolute Gasteiger partial charge is 0.240 e. The number of anilines is 1. The number of aromatic nitrogens is 4. The summed E-state index contributed by atoms with van der Waals surface area (Å²) in [5.74, 6) is 0.867. The van der Waals surface area contributed by atoms with Crippen LogP contribution in [0.25, 0.3) is 0 Å². The zero-order chi connectivity index (χ0) is 16.4. The van der Waals surface area contributed by atoms with Crippen molar-refractivity contribution in [2.24, 2.45) is 0 Å². The summed E-state index contributed by atoms with van der Waals surface area (Å²) < 4.78 is 6.98. The van der Waals surface area contributed by atoms with Gasteiger partial charge in [-0.15, -0.1) is 5.10 Å². The second-order valence-corrected chi connectivity index (χ2v) is 6.59. The van der Waals surface area contributed by atoms with E-state index >= 15 is 0 Å². The normalized spacial score (nSPS) is 17.6. The third-order valence-corrected chi connectivity index (χ3v) is 5.08. The maximum absolute atomic E-state index is 12.7. The Kier molecular flexibility index (Phi) is 4.04. The minimum atomic E-state index is -0.174. The number of carbonyl (C=O) groups is 1. The maximum atomic E-state index is 12.7. The monoisotopic (exact) mass is 341 g/mol. The van der Waals surface area contributed by atoms with Crippen LogP contribution in [0, 0.1) is 0 Å². The second kappa shape index (κ2) is 6.48. The summed E-state index contributed by atoms with van der Waals surface area (Å²) in [6, 6.07) is 13.4. The van der Waals surface area contributed by atoms with Crippen LogP contribution in [-0.2, 0) is 11.3 Å². The molecule has 0 N–H and O–H groups in total. The molecule has 1 atom stereocenters. The Balaban J connectivity index is 1.47. The summed E-state index contributed by atoms with van der Waals surface area (Å²) >= 11 is 1.41. The topological polar surface area (TPSA) is 77.0 Å². The number of nitrogens with zero attached hydrogens (tertiary/aromatic N) is 5. The molecule has 3 heterocycles. The molecule has 1 saturated heterocycles. The zero-order valence-electron chi connectivity index (χ0n) is 12.8. The van der Waals surface area contributed by atoms with Gasteiger partial charge in [0.15, 0.2) is 0 Å². The minimum absolute atomic E-state index is 0.0961. The molecule has 4 rings (SSSR count). The third-order valence-electron chi connectivity index (χ3n) is 3.86. The minimum Gasteiger partial charge on any atom is -0.467 e. The highest BCUT2D eigenvalue weighted by atomic mass is 32.2. The molecule has 1 fully saturated rings. The molecule has 1 aliphatic rings. The van der Waals surface area contributed by atoms with Crippen molar-refractivity contribution < 1.29 is 9.21 Å². The van der Waals surface area contributed by atoms with Crippen LogP contribution in [0.1, 0.15) is 12.2 Å². The number of rotatable bonds is 5. The number of para-hydroxylation sites is 1. The SMILES string of the molecule is O=C1[C@@H](Sc2nnnn2Cc2ccco2)CCN1c1ccccc1. The lowest BCUT2D eigenvalue weighted by Gasteiger charge is -2.16. The third kappa shape index (κ3) is 2.92. The first kappa shape index (κ1) is 14.9. The van der Waals surface area contributed by atoms with Gasteiger partial charge in [0.05, 0.1) is 11.5 Å². The molecule has 0 unspecified atom stereocenters. The van der Waals surface area contributed by atoms with Gasteiger partial charge in [0, 0.05) is 12.2 Å². The van der Waals surface area contributed by atoms with Crippen molar-refractivity contribution in [1.29, 1.82) is 0 Å². The average Bonchev–Trinajstić information content (AvgIpc) is 3.34. The summed E-state index contributed by atoms with van der Waals surface area (Å²) in [5, 5.41) is 12.2. The highest BCUT2D eigenvalue weighted by Crippen LogP contribution is 2.32. The van der Waals surface area contributed by atoms with Gasteiger partial charge in [-0.1, -0.05) is 30.0 Å². The van der Waals surface area contributed by atoms with Gasteiger partial charge in [0.2, 0.25) is 11.1 Å². The van der Waals surface area contributed by atoms with Crippen molar-refractivity contribution in [3.05, 3.63) is 54.5 Å². The number of carbonyl (C=O) groups excluding carboxylic acids is 1. The van der Waals surface area contributed by atoms with Gasteiger partial charge >= 0.3 is 0 Å². The van der Waals surface area contributed by atoms with Crippen molar-refractivity contribution in [1.82, 2.24) is 20.2 Å². The summed E-state index contributed by atoms with van der Waals surface area (Å²) in [7, 11) is 0. The van der Waals surface area contributed by atoms with E-state index in [2.05, 4.69) is 15.5 Å². The summed E-state index contributed by atoms with van der Waals surface area (Å²) in [6.45, 7) is 1.16. The van der Waals surface area contributed by atoms with E-state index in [1.54, 1.807) is 10.9 Å². The summed E-state index contributed by atoms with van der Waals surface area (Å²) in [5.41, 5.74) is 0.931. The van der Waals surface area contributed by atoms with Crippen molar-refractivity contribution in [3.63, 3.8) is 0 Å².